The Labute approximate surface area is 131 Å². The van der Waals surface area contributed by atoms with E-state index in [0.717, 1.165) is 18.1 Å². The molecule has 2 rings (SSSR count). The number of nitrogens with zero attached hydrogens (tertiary/aromatic N) is 1. The molecule has 1 aromatic rings. The first-order valence-corrected chi connectivity index (χ1v) is 8.46. The number of thiophene rings is 1. The number of ether oxygens (including phenoxy) is 1. The minimum atomic E-state index is 0.00969. The quantitative estimate of drug-likeness (QED) is 0.859. The predicted molar refractivity (Wildman–Crippen MR) is 89.7 cm³/mol. The molecular weight excluding hydrogens is 284 g/mol. The summed E-state index contributed by atoms with van der Waals surface area (Å²) in [6.07, 6.45) is 1.29. The number of nitrogens with two attached hydrogens (primary N) is 1. The lowest BCUT2D eigenvalue weighted by atomic mass is 9.92. The van der Waals surface area contributed by atoms with Crippen molar-refractivity contribution in [2.24, 2.45) is 11.8 Å². The van der Waals surface area contributed by atoms with E-state index in [9.17, 15) is 4.79 Å². The normalized spacial score (nSPS) is 22.7. The first kappa shape index (κ1) is 16.1. The van der Waals surface area contributed by atoms with E-state index in [4.69, 9.17) is 10.5 Å². The van der Waals surface area contributed by atoms with Crippen molar-refractivity contribution >= 4 is 27.8 Å². The van der Waals surface area contributed by atoms with Crippen LogP contribution in [0, 0.1) is 11.8 Å². The Balaban J connectivity index is 2.41. The molecule has 0 aliphatic carbocycles. The Kier molecular flexibility index (Phi) is 4.81. The van der Waals surface area contributed by atoms with Gasteiger partial charge >= 0.3 is 0 Å². The van der Waals surface area contributed by atoms with Crippen molar-refractivity contribution in [3.8, 4) is 5.75 Å². The van der Waals surface area contributed by atoms with Gasteiger partial charge in [-0.1, -0.05) is 13.8 Å². The van der Waals surface area contributed by atoms with Crippen LogP contribution in [-0.4, -0.2) is 25.0 Å². The molecule has 1 aromatic heterocycles. The van der Waals surface area contributed by atoms with Crippen LogP contribution in [0.1, 0.15) is 50.7 Å². The first-order chi connectivity index (χ1) is 9.79. The number of hydrogen-bond donors (Lipinski definition) is 1. The molecule has 1 saturated heterocycles. The second-order valence-corrected chi connectivity index (χ2v) is 7.55. The molecule has 118 valence electrons. The maximum atomic E-state index is 11.8. The zero-order valence-corrected chi connectivity index (χ0v) is 14.4. The van der Waals surface area contributed by atoms with Gasteiger partial charge in [-0.3, -0.25) is 4.79 Å². The van der Waals surface area contributed by atoms with Crippen molar-refractivity contribution in [2.75, 3.05) is 23.7 Å². The maximum Gasteiger partial charge on any atom is 0.177 e. The highest BCUT2D eigenvalue weighted by Gasteiger charge is 2.29. The van der Waals surface area contributed by atoms with Crippen LogP contribution in [0.5, 0.6) is 5.75 Å². The van der Waals surface area contributed by atoms with E-state index in [1.807, 2.05) is 13.8 Å². The van der Waals surface area contributed by atoms with Gasteiger partial charge in [0.25, 0.3) is 0 Å². The fraction of sp³-hybridized carbons (Fsp3) is 0.688. The minimum absolute atomic E-state index is 0.00969. The molecule has 1 fully saturated rings. The van der Waals surface area contributed by atoms with Crippen LogP contribution < -0.4 is 15.4 Å². The molecule has 0 bridgehead atoms. The Morgan fingerprint density at radius 3 is 2.38 bits per heavy atom. The topological polar surface area (TPSA) is 55.6 Å². The van der Waals surface area contributed by atoms with E-state index in [1.54, 1.807) is 6.92 Å². The largest absolute Gasteiger partial charge is 0.486 e. The average molecular weight is 310 g/mol. The summed E-state index contributed by atoms with van der Waals surface area (Å²) in [5.41, 5.74) is 6.67. The molecule has 1 aliphatic rings. The van der Waals surface area contributed by atoms with Gasteiger partial charge in [-0.15, -0.1) is 11.3 Å². The third-order valence-corrected chi connectivity index (χ3v) is 5.06. The lowest BCUT2D eigenvalue weighted by Crippen LogP contribution is -2.38. The molecule has 21 heavy (non-hydrogen) atoms. The van der Waals surface area contributed by atoms with Gasteiger partial charge in [0.1, 0.15) is 5.00 Å². The van der Waals surface area contributed by atoms with Crippen LogP contribution >= 0.6 is 11.3 Å². The van der Waals surface area contributed by atoms with E-state index in [0.29, 0.717) is 28.1 Å². The summed E-state index contributed by atoms with van der Waals surface area (Å²) >= 11 is 1.47. The Hall–Kier alpha value is -1.23. The summed E-state index contributed by atoms with van der Waals surface area (Å²) in [6, 6.07) is 0. The van der Waals surface area contributed by atoms with Gasteiger partial charge in [-0.2, -0.15) is 0 Å². The number of Topliss-reactive ketones (excluding diaryl/α,β-unsaturated/α-hetero) is 1. The third kappa shape index (κ3) is 3.51. The van der Waals surface area contributed by atoms with Gasteiger partial charge in [-0.05, 0) is 32.1 Å². The number of anilines is 2. The van der Waals surface area contributed by atoms with Gasteiger partial charge in [0.15, 0.2) is 11.5 Å². The summed E-state index contributed by atoms with van der Waals surface area (Å²) in [6.45, 7) is 12.1. The zero-order valence-electron chi connectivity index (χ0n) is 13.6. The molecule has 4 nitrogen and oxygen atoms in total. The number of nitrogen functional groups attached to an aromatic ring is 1. The Bertz CT molecular complexity index is 515. The van der Waals surface area contributed by atoms with E-state index in [-0.39, 0.29) is 11.9 Å². The first-order valence-electron chi connectivity index (χ1n) is 7.64. The molecule has 1 aliphatic heterocycles. The SMILES string of the molecule is CC(=O)c1sc(N2CC(C)CC(C)C2)c(OC(C)C)c1N. The molecule has 0 saturated carbocycles. The van der Waals surface area contributed by atoms with Crippen LogP contribution in [0.4, 0.5) is 10.7 Å². The molecule has 5 heteroatoms. The summed E-state index contributed by atoms with van der Waals surface area (Å²) in [7, 11) is 0. The Morgan fingerprint density at radius 2 is 1.90 bits per heavy atom. The summed E-state index contributed by atoms with van der Waals surface area (Å²) in [5.74, 6) is 1.99. The van der Waals surface area contributed by atoms with Gasteiger partial charge in [0.2, 0.25) is 0 Å². The molecule has 2 unspecified atom stereocenters. The standard InChI is InChI=1S/C16H26N2O2S/c1-9(2)20-14-13(17)15(12(5)19)21-16(14)18-7-10(3)6-11(4)8-18/h9-11H,6-8,17H2,1-5H3. The number of piperidine rings is 1. The fourth-order valence-electron chi connectivity index (χ4n) is 3.06. The van der Waals surface area contributed by atoms with Crippen molar-refractivity contribution in [2.45, 2.75) is 47.1 Å². The van der Waals surface area contributed by atoms with E-state index in [1.165, 1.54) is 17.8 Å². The number of hydrogen-bond acceptors (Lipinski definition) is 5. The summed E-state index contributed by atoms with van der Waals surface area (Å²) < 4.78 is 5.92. The maximum absolute atomic E-state index is 11.8. The molecule has 0 aromatic carbocycles. The minimum Gasteiger partial charge on any atom is -0.486 e. The summed E-state index contributed by atoms with van der Waals surface area (Å²) in [5, 5.41) is 1.02. The van der Waals surface area contributed by atoms with Crippen molar-refractivity contribution in [1.82, 2.24) is 0 Å². The van der Waals surface area contributed by atoms with Crippen molar-refractivity contribution < 1.29 is 9.53 Å². The number of carbonyl (C=O) groups is 1. The van der Waals surface area contributed by atoms with Crippen LogP contribution in [0.25, 0.3) is 0 Å². The van der Waals surface area contributed by atoms with Crippen molar-refractivity contribution in [3.63, 3.8) is 0 Å². The van der Waals surface area contributed by atoms with E-state index >= 15 is 0 Å². The lowest BCUT2D eigenvalue weighted by molar-refractivity contribution is 0.102. The summed E-state index contributed by atoms with van der Waals surface area (Å²) in [4.78, 5) is 14.7. The molecule has 2 heterocycles. The molecule has 0 amide bonds. The second-order valence-electron chi connectivity index (χ2n) is 6.55. The smallest absolute Gasteiger partial charge is 0.177 e. The van der Waals surface area contributed by atoms with Crippen molar-refractivity contribution in [3.05, 3.63) is 4.88 Å². The number of ketones is 1. The molecular formula is C16H26N2O2S. The average Bonchev–Trinajstić information content (AvgIpc) is 2.65. The highest BCUT2D eigenvalue weighted by molar-refractivity contribution is 7.19. The van der Waals surface area contributed by atoms with Crippen molar-refractivity contribution in [1.29, 1.82) is 0 Å². The monoisotopic (exact) mass is 310 g/mol. The molecule has 2 N–H and O–H groups in total. The Morgan fingerprint density at radius 1 is 1.33 bits per heavy atom. The highest BCUT2D eigenvalue weighted by Crippen LogP contribution is 2.47. The van der Waals surface area contributed by atoms with Crippen LogP contribution in [-0.2, 0) is 0 Å². The van der Waals surface area contributed by atoms with Crippen LogP contribution in [0.2, 0.25) is 0 Å². The zero-order chi connectivity index (χ0) is 15.7. The highest BCUT2D eigenvalue weighted by atomic mass is 32.1. The van der Waals surface area contributed by atoms with Gasteiger partial charge < -0.3 is 15.4 Å². The van der Waals surface area contributed by atoms with Gasteiger partial charge in [-0.25, -0.2) is 0 Å². The van der Waals surface area contributed by atoms with Gasteiger partial charge in [0, 0.05) is 20.0 Å². The molecule has 0 radical (unpaired) electrons. The lowest BCUT2D eigenvalue weighted by Gasteiger charge is -2.36. The molecule has 2 atom stereocenters. The number of carbonyl (C=O) groups excluding carboxylic acids is 1. The number of rotatable bonds is 4. The third-order valence-electron chi connectivity index (χ3n) is 3.71. The van der Waals surface area contributed by atoms with Crippen LogP contribution in [0.3, 0.4) is 0 Å². The van der Waals surface area contributed by atoms with Gasteiger partial charge in [0.05, 0.1) is 16.7 Å². The molecule has 0 spiro atoms. The van der Waals surface area contributed by atoms with E-state index < -0.39 is 0 Å². The fourth-order valence-corrected chi connectivity index (χ4v) is 4.13. The van der Waals surface area contributed by atoms with E-state index in [2.05, 4.69) is 18.7 Å². The predicted octanol–water partition coefficient (Wildman–Crippen LogP) is 3.80. The second kappa shape index (κ2) is 6.26. The van der Waals surface area contributed by atoms with Crippen LogP contribution in [0.15, 0.2) is 0 Å².